The summed E-state index contributed by atoms with van der Waals surface area (Å²) in [6.07, 6.45) is -4.65. The van der Waals surface area contributed by atoms with Gasteiger partial charge >= 0.3 is 6.18 Å². The Morgan fingerprint density at radius 1 is 1.21 bits per heavy atom. The van der Waals surface area contributed by atoms with Crippen LogP contribution in [-0.2, 0) is 16.9 Å². The lowest BCUT2D eigenvalue weighted by Crippen LogP contribution is -2.08. The summed E-state index contributed by atoms with van der Waals surface area (Å²) < 4.78 is 57.8. The monoisotopic (exact) mass is 223 g/mol. The molecule has 14 heavy (non-hydrogen) atoms. The number of hydrogen-bond acceptors (Lipinski definition) is 2. The third kappa shape index (κ3) is 2.25. The van der Waals surface area contributed by atoms with Crippen LogP contribution in [0, 0.1) is 6.92 Å². The number of rotatable bonds is 1. The van der Waals surface area contributed by atoms with Crippen molar-refractivity contribution in [2.75, 3.05) is 0 Å². The van der Waals surface area contributed by atoms with Gasteiger partial charge in [-0.05, 0) is 24.6 Å². The van der Waals surface area contributed by atoms with Crippen LogP contribution in [0.2, 0.25) is 0 Å². The van der Waals surface area contributed by atoms with Gasteiger partial charge in [-0.1, -0.05) is 6.07 Å². The Hall–Kier alpha value is -1.04. The maximum absolute atomic E-state index is 12.3. The average Bonchev–Trinajstić information content (AvgIpc) is 2.01. The number of alkyl halides is 3. The van der Waals surface area contributed by atoms with E-state index in [4.69, 9.17) is 0 Å². The van der Waals surface area contributed by atoms with Crippen molar-refractivity contribution in [3.63, 3.8) is 0 Å². The Kier molecular flexibility index (Phi) is 2.84. The van der Waals surface area contributed by atoms with Gasteiger partial charge in [0, 0.05) is 0 Å². The van der Waals surface area contributed by atoms with Crippen LogP contribution in [-0.4, -0.2) is 8.42 Å². The molecule has 0 spiro atoms. The fourth-order valence-corrected chi connectivity index (χ4v) is 1.64. The van der Waals surface area contributed by atoms with E-state index in [1.54, 1.807) is 0 Å². The molecule has 0 heterocycles. The van der Waals surface area contributed by atoms with Crippen LogP contribution >= 0.6 is 0 Å². The average molecular weight is 223 g/mol. The maximum atomic E-state index is 12.3. The van der Waals surface area contributed by atoms with E-state index in [2.05, 4.69) is 6.92 Å². The van der Waals surface area contributed by atoms with Crippen molar-refractivity contribution in [3.05, 3.63) is 36.2 Å². The van der Waals surface area contributed by atoms with E-state index in [1.807, 2.05) is 0 Å². The number of benzene rings is 1. The summed E-state index contributed by atoms with van der Waals surface area (Å²) in [5.74, 6) is 0. The molecule has 1 aromatic rings. The molecule has 0 aliphatic carbocycles. The lowest BCUT2D eigenvalue weighted by Gasteiger charge is -2.09. The molecule has 1 aromatic carbocycles. The van der Waals surface area contributed by atoms with Crippen molar-refractivity contribution in [2.24, 2.45) is 0 Å². The molecule has 0 fully saturated rings. The summed E-state index contributed by atoms with van der Waals surface area (Å²) in [6, 6.07) is 2.72. The van der Waals surface area contributed by atoms with Gasteiger partial charge in [0.05, 0.1) is 10.5 Å². The zero-order valence-corrected chi connectivity index (χ0v) is 7.73. The number of hydrogen-bond donors (Lipinski definition) is 1. The maximum Gasteiger partial charge on any atom is 0.417 e. The molecule has 0 saturated heterocycles. The van der Waals surface area contributed by atoms with Gasteiger partial charge in [-0.2, -0.15) is 13.2 Å². The first kappa shape index (κ1) is 11.0. The van der Waals surface area contributed by atoms with E-state index >= 15 is 0 Å². The van der Waals surface area contributed by atoms with Crippen LogP contribution in [0.25, 0.3) is 0 Å². The number of thiol groups is 1. The first-order valence-electron chi connectivity index (χ1n) is 3.50. The Bertz CT molecular complexity index is 413. The Labute approximate surface area is 80.3 Å². The smallest absolute Gasteiger partial charge is 0.227 e. The molecule has 1 radical (unpaired) electrons. The summed E-state index contributed by atoms with van der Waals surface area (Å²) in [5, 5.41) is 0. The normalized spacial score (nSPS) is 12.1. The quantitative estimate of drug-likeness (QED) is 0.737. The molecule has 0 aliphatic rings. The van der Waals surface area contributed by atoms with Crippen molar-refractivity contribution in [1.82, 2.24) is 0 Å². The minimum atomic E-state index is -4.65. The molecule has 0 aromatic heterocycles. The molecule has 0 bridgehead atoms. The van der Waals surface area contributed by atoms with E-state index in [0.29, 0.717) is 6.07 Å². The topological polar surface area (TPSA) is 34.1 Å². The van der Waals surface area contributed by atoms with Crippen LogP contribution < -0.4 is 0 Å². The molecule has 0 saturated carbocycles. The lowest BCUT2D eigenvalue weighted by molar-refractivity contribution is -0.139. The van der Waals surface area contributed by atoms with Crippen molar-refractivity contribution < 1.29 is 21.6 Å². The van der Waals surface area contributed by atoms with Crippen molar-refractivity contribution in [1.29, 1.82) is 0 Å². The summed E-state index contributed by atoms with van der Waals surface area (Å²) in [4.78, 5) is -0.736. The Balaban J connectivity index is 3.44. The summed E-state index contributed by atoms with van der Waals surface area (Å²) in [6.45, 7) is 3.35. The standard InChI is InChI=1S/C8H6F3O2S/c1-5-2-3-6(8(9,10)11)7(4-5)14(12)13/h2-4,14H,1H2. The van der Waals surface area contributed by atoms with E-state index in [0.717, 1.165) is 12.1 Å². The second-order valence-corrected chi connectivity index (χ2v) is 3.60. The van der Waals surface area contributed by atoms with E-state index in [1.165, 1.54) is 0 Å². The van der Waals surface area contributed by atoms with E-state index in [-0.39, 0.29) is 5.56 Å². The highest BCUT2D eigenvalue weighted by Gasteiger charge is 2.34. The largest absolute Gasteiger partial charge is 0.417 e. The Morgan fingerprint density at radius 3 is 2.21 bits per heavy atom. The van der Waals surface area contributed by atoms with Gasteiger partial charge in [0.25, 0.3) is 0 Å². The zero-order valence-electron chi connectivity index (χ0n) is 6.84. The highest BCUT2D eigenvalue weighted by molar-refractivity contribution is 7.72. The molecule has 1 rings (SSSR count). The first-order chi connectivity index (χ1) is 6.32. The highest BCUT2D eigenvalue weighted by atomic mass is 32.2. The van der Waals surface area contributed by atoms with Gasteiger partial charge in [0.2, 0.25) is 0 Å². The first-order valence-corrected chi connectivity index (χ1v) is 4.67. The van der Waals surface area contributed by atoms with Gasteiger partial charge in [0.15, 0.2) is 10.7 Å². The fourth-order valence-electron chi connectivity index (χ4n) is 0.968. The molecule has 77 valence electrons. The van der Waals surface area contributed by atoms with Crippen LogP contribution in [0.15, 0.2) is 23.1 Å². The van der Waals surface area contributed by atoms with Crippen molar-refractivity contribution in [2.45, 2.75) is 11.1 Å². The highest BCUT2D eigenvalue weighted by Crippen LogP contribution is 2.32. The fraction of sp³-hybridized carbons (Fsp3) is 0.125. The second kappa shape index (κ2) is 3.61. The lowest BCUT2D eigenvalue weighted by atomic mass is 10.1. The zero-order chi connectivity index (χ0) is 10.9. The van der Waals surface area contributed by atoms with Gasteiger partial charge in [-0.25, -0.2) is 8.42 Å². The molecule has 0 N–H and O–H groups in total. The summed E-state index contributed by atoms with van der Waals surface area (Å²) >= 11 is 0. The van der Waals surface area contributed by atoms with E-state index in [9.17, 15) is 21.6 Å². The van der Waals surface area contributed by atoms with Crippen LogP contribution in [0.4, 0.5) is 13.2 Å². The predicted molar refractivity (Wildman–Crippen MR) is 44.5 cm³/mol. The van der Waals surface area contributed by atoms with Gasteiger partial charge < -0.3 is 0 Å². The second-order valence-electron chi connectivity index (χ2n) is 2.61. The molecule has 0 atom stereocenters. The minimum absolute atomic E-state index is 0.229. The SMILES string of the molecule is [CH2]c1ccc(C(F)(F)F)c([SH](=O)=O)c1. The van der Waals surface area contributed by atoms with E-state index < -0.39 is 27.3 Å². The summed E-state index contributed by atoms with van der Waals surface area (Å²) in [5.41, 5.74) is -0.923. The molecule has 6 heteroatoms. The van der Waals surface area contributed by atoms with Crippen molar-refractivity contribution >= 4 is 10.7 Å². The molecule has 0 aliphatic heterocycles. The van der Waals surface area contributed by atoms with Gasteiger partial charge in [0.1, 0.15) is 0 Å². The predicted octanol–water partition coefficient (Wildman–Crippen LogP) is 1.86. The molecule has 0 amide bonds. The summed E-state index contributed by atoms with van der Waals surface area (Å²) in [7, 11) is -3.26. The third-order valence-electron chi connectivity index (χ3n) is 1.56. The molecular formula is C8H6F3O2S. The van der Waals surface area contributed by atoms with Crippen LogP contribution in [0.3, 0.4) is 0 Å². The van der Waals surface area contributed by atoms with Gasteiger partial charge in [-0.3, -0.25) is 0 Å². The minimum Gasteiger partial charge on any atom is -0.227 e. The third-order valence-corrected chi connectivity index (χ3v) is 2.33. The molecule has 2 nitrogen and oxygen atoms in total. The molecular weight excluding hydrogens is 217 g/mol. The Morgan fingerprint density at radius 2 is 1.79 bits per heavy atom. The van der Waals surface area contributed by atoms with Crippen LogP contribution in [0.5, 0.6) is 0 Å². The molecule has 0 unspecified atom stereocenters. The van der Waals surface area contributed by atoms with Crippen LogP contribution in [0.1, 0.15) is 11.1 Å². The van der Waals surface area contributed by atoms with Crippen molar-refractivity contribution in [3.8, 4) is 0 Å². The number of halogens is 3. The van der Waals surface area contributed by atoms with Gasteiger partial charge in [-0.15, -0.1) is 0 Å².